The van der Waals surface area contributed by atoms with Crippen molar-refractivity contribution in [2.45, 2.75) is 26.7 Å². The second-order valence-corrected chi connectivity index (χ2v) is 3.58. The molecule has 2 rings (SSSR count). The van der Waals surface area contributed by atoms with Crippen LogP contribution >= 0.6 is 0 Å². The maximum Gasteiger partial charge on any atom is 0.336 e. The molecule has 0 amide bonds. The molecule has 0 saturated carbocycles. The van der Waals surface area contributed by atoms with E-state index >= 15 is 0 Å². The number of benzene rings is 1. The van der Waals surface area contributed by atoms with Gasteiger partial charge < -0.3 is 4.42 Å². The van der Waals surface area contributed by atoms with E-state index in [4.69, 9.17) is 4.42 Å². The van der Waals surface area contributed by atoms with Crippen molar-refractivity contribution in [2.24, 2.45) is 0 Å². The van der Waals surface area contributed by atoms with Gasteiger partial charge in [0.05, 0.1) is 0 Å². The van der Waals surface area contributed by atoms with E-state index in [1.54, 1.807) is 0 Å². The van der Waals surface area contributed by atoms with Gasteiger partial charge in [-0.1, -0.05) is 26.0 Å². The lowest BCUT2D eigenvalue weighted by molar-refractivity contribution is 0.556. The van der Waals surface area contributed by atoms with Crippen LogP contribution in [0.2, 0.25) is 0 Å². The molecule has 0 fully saturated rings. The highest BCUT2D eigenvalue weighted by Gasteiger charge is 2.07. The van der Waals surface area contributed by atoms with E-state index in [2.05, 4.69) is 19.9 Å². The minimum Gasteiger partial charge on any atom is -0.422 e. The zero-order valence-electron chi connectivity index (χ0n) is 9.04. The van der Waals surface area contributed by atoms with Crippen molar-refractivity contribution in [3.63, 3.8) is 0 Å². The summed E-state index contributed by atoms with van der Waals surface area (Å²) in [6, 6.07) is 7.41. The molecule has 0 N–H and O–H groups in total. The maximum absolute atomic E-state index is 11.2. The Labute approximate surface area is 88.5 Å². The summed E-state index contributed by atoms with van der Waals surface area (Å²) in [4.78, 5) is 11.2. The fourth-order valence-electron chi connectivity index (χ4n) is 1.95. The lowest BCUT2D eigenvalue weighted by Crippen LogP contribution is -1.99. The minimum absolute atomic E-state index is 0.273. The molecule has 0 unspecified atom stereocenters. The van der Waals surface area contributed by atoms with Gasteiger partial charge in [0.15, 0.2) is 0 Å². The SMILES string of the molecule is CCc1ccc2ccc(=O)oc2c1CC. The first-order chi connectivity index (χ1) is 7.26. The van der Waals surface area contributed by atoms with Crippen molar-refractivity contribution in [1.29, 1.82) is 0 Å². The first-order valence-electron chi connectivity index (χ1n) is 5.31. The van der Waals surface area contributed by atoms with Crippen LogP contribution in [0.1, 0.15) is 25.0 Å². The lowest BCUT2D eigenvalue weighted by Gasteiger charge is -2.07. The summed E-state index contributed by atoms with van der Waals surface area (Å²) in [6.45, 7) is 4.20. The van der Waals surface area contributed by atoms with E-state index in [0.29, 0.717) is 0 Å². The predicted molar refractivity (Wildman–Crippen MR) is 61.2 cm³/mol. The van der Waals surface area contributed by atoms with Crippen molar-refractivity contribution in [2.75, 3.05) is 0 Å². The molecule has 0 bridgehead atoms. The van der Waals surface area contributed by atoms with Crippen LogP contribution in [0.5, 0.6) is 0 Å². The monoisotopic (exact) mass is 202 g/mol. The van der Waals surface area contributed by atoms with Crippen LogP contribution in [-0.4, -0.2) is 0 Å². The number of rotatable bonds is 2. The molecule has 0 atom stereocenters. The summed E-state index contributed by atoms with van der Waals surface area (Å²) in [5.41, 5.74) is 2.90. The topological polar surface area (TPSA) is 30.2 Å². The van der Waals surface area contributed by atoms with Crippen molar-refractivity contribution in [3.8, 4) is 0 Å². The van der Waals surface area contributed by atoms with E-state index < -0.39 is 0 Å². The van der Waals surface area contributed by atoms with Gasteiger partial charge in [-0.3, -0.25) is 0 Å². The molecule has 1 heterocycles. The molecule has 1 aromatic carbocycles. The number of hydrogen-bond donors (Lipinski definition) is 0. The molecule has 78 valence electrons. The number of aryl methyl sites for hydroxylation is 2. The van der Waals surface area contributed by atoms with Gasteiger partial charge in [0, 0.05) is 11.5 Å². The zero-order chi connectivity index (χ0) is 10.8. The average Bonchev–Trinajstić information content (AvgIpc) is 2.27. The molecular formula is C13H14O2. The molecule has 0 aliphatic carbocycles. The smallest absolute Gasteiger partial charge is 0.336 e. The van der Waals surface area contributed by atoms with Gasteiger partial charge in [-0.15, -0.1) is 0 Å². The van der Waals surface area contributed by atoms with Crippen LogP contribution in [0, 0.1) is 0 Å². The molecule has 0 aliphatic rings. The molecule has 0 radical (unpaired) electrons. The largest absolute Gasteiger partial charge is 0.422 e. The second-order valence-electron chi connectivity index (χ2n) is 3.58. The predicted octanol–water partition coefficient (Wildman–Crippen LogP) is 2.92. The van der Waals surface area contributed by atoms with E-state index in [0.717, 1.165) is 29.4 Å². The van der Waals surface area contributed by atoms with Crippen LogP contribution in [0.25, 0.3) is 11.0 Å². The van der Waals surface area contributed by atoms with Gasteiger partial charge in [-0.05, 0) is 30.0 Å². The highest BCUT2D eigenvalue weighted by Crippen LogP contribution is 2.22. The van der Waals surface area contributed by atoms with Gasteiger partial charge in [0.2, 0.25) is 0 Å². The van der Waals surface area contributed by atoms with E-state index in [1.807, 2.05) is 12.1 Å². The first-order valence-corrected chi connectivity index (χ1v) is 5.31. The molecular weight excluding hydrogens is 188 g/mol. The molecule has 2 nitrogen and oxygen atoms in total. The summed E-state index contributed by atoms with van der Waals surface area (Å²) < 4.78 is 5.27. The zero-order valence-corrected chi connectivity index (χ0v) is 9.04. The van der Waals surface area contributed by atoms with Crippen LogP contribution in [0.3, 0.4) is 0 Å². The molecule has 0 spiro atoms. The Kier molecular flexibility index (Phi) is 2.58. The van der Waals surface area contributed by atoms with Crippen molar-refractivity contribution in [1.82, 2.24) is 0 Å². The molecule has 1 aromatic heterocycles. The van der Waals surface area contributed by atoms with Gasteiger partial charge >= 0.3 is 5.63 Å². The quantitative estimate of drug-likeness (QED) is 0.701. The summed E-state index contributed by atoms with van der Waals surface area (Å²) in [7, 11) is 0. The maximum atomic E-state index is 11.2. The Morgan fingerprint density at radius 2 is 1.80 bits per heavy atom. The van der Waals surface area contributed by atoms with Crippen LogP contribution in [-0.2, 0) is 12.8 Å². The van der Waals surface area contributed by atoms with Crippen molar-refractivity contribution < 1.29 is 4.42 Å². The molecule has 0 aliphatic heterocycles. The highest BCUT2D eigenvalue weighted by atomic mass is 16.4. The minimum atomic E-state index is -0.273. The van der Waals surface area contributed by atoms with E-state index in [-0.39, 0.29) is 5.63 Å². The normalized spacial score (nSPS) is 10.8. The molecule has 2 aromatic rings. The third-order valence-corrected chi connectivity index (χ3v) is 2.72. The van der Waals surface area contributed by atoms with Gasteiger partial charge in [0.25, 0.3) is 0 Å². The fourth-order valence-corrected chi connectivity index (χ4v) is 1.95. The number of fused-ring (bicyclic) bond motifs is 1. The second kappa shape index (κ2) is 3.89. The van der Waals surface area contributed by atoms with Crippen molar-refractivity contribution in [3.05, 3.63) is 45.8 Å². The van der Waals surface area contributed by atoms with Crippen molar-refractivity contribution >= 4 is 11.0 Å². The Balaban J connectivity index is 2.84. The van der Waals surface area contributed by atoms with Crippen LogP contribution < -0.4 is 5.63 Å². The Morgan fingerprint density at radius 1 is 1.07 bits per heavy atom. The summed E-state index contributed by atoms with van der Waals surface area (Å²) in [5.74, 6) is 0. The van der Waals surface area contributed by atoms with Gasteiger partial charge in [-0.2, -0.15) is 0 Å². The highest BCUT2D eigenvalue weighted by molar-refractivity contribution is 5.80. The van der Waals surface area contributed by atoms with E-state index in [9.17, 15) is 4.79 Å². The van der Waals surface area contributed by atoms with Gasteiger partial charge in [0.1, 0.15) is 5.58 Å². The van der Waals surface area contributed by atoms with Gasteiger partial charge in [-0.25, -0.2) is 4.79 Å². The third kappa shape index (κ3) is 1.67. The lowest BCUT2D eigenvalue weighted by atomic mass is 10.0. The van der Waals surface area contributed by atoms with Crippen LogP contribution in [0.15, 0.2) is 33.5 Å². The van der Waals surface area contributed by atoms with E-state index in [1.165, 1.54) is 11.6 Å². The first kappa shape index (κ1) is 9.97. The molecule has 0 saturated heterocycles. The molecule has 2 heteroatoms. The summed E-state index contributed by atoms with van der Waals surface area (Å²) in [5, 5.41) is 1.00. The summed E-state index contributed by atoms with van der Waals surface area (Å²) in [6.07, 6.45) is 1.87. The third-order valence-electron chi connectivity index (χ3n) is 2.72. The average molecular weight is 202 g/mol. The standard InChI is InChI=1S/C13H14O2/c1-3-9-5-6-10-7-8-12(14)15-13(10)11(9)4-2/h5-8H,3-4H2,1-2H3. The Hall–Kier alpha value is -1.57. The Morgan fingerprint density at radius 3 is 2.47 bits per heavy atom. The number of hydrogen-bond acceptors (Lipinski definition) is 2. The summed E-state index contributed by atoms with van der Waals surface area (Å²) >= 11 is 0. The Bertz CT molecular complexity index is 538. The van der Waals surface area contributed by atoms with Crippen LogP contribution in [0.4, 0.5) is 0 Å². The fraction of sp³-hybridized carbons (Fsp3) is 0.308. The molecule has 15 heavy (non-hydrogen) atoms.